The summed E-state index contributed by atoms with van der Waals surface area (Å²) in [6.07, 6.45) is 0. The number of hydrogen-bond donors (Lipinski definition) is 1. The fourth-order valence-electron chi connectivity index (χ4n) is 2.84. The van der Waals surface area contributed by atoms with Crippen molar-refractivity contribution >= 4 is 5.69 Å². The number of ether oxygens (including phenoxy) is 1. The van der Waals surface area contributed by atoms with E-state index in [1.54, 1.807) is 12.1 Å². The predicted octanol–water partition coefficient (Wildman–Crippen LogP) is 3.11. The average molecular weight is 280 g/mol. The van der Waals surface area contributed by atoms with Gasteiger partial charge in [-0.25, -0.2) is 4.39 Å². The van der Waals surface area contributed by atoms with E-state index in [1.807, 2.05) is 19.9 Å². The molecule has 0 spiro atoms. The standard InChI is InChI=1S/C16H25FN2O/c1-5-18-12(2)13-7-6-8-14(17)15(13)19-9-10-20-16(3,4)11-19/h6-8,12,18H,5,9-11H2,1-4H3. The molecule has 1 aromatic carbocycles. The van der Waals surface area contributed by atoms with Crippen LogP contribution < -0.4 is 10.2 Å². The van der Waals surface area contributed by atoms with Gasteiger partial charge >= 0.3 is 0 Å². The molecule has 1 aliphatic heterocycles. The van der Waals surface area contributed by atoms with Gasteiger partial charge in [-0.05, 0) is 38.9 Å². The van der Waals surface area contributed by atoms with Gasteiger partial charge in [0.25, 0.3) is 0 Å². The first kappa shape index (κ1) is 15.3. The molecule has 0 aromatic heterocycles. The first-order valence-corrected chi connectivity index (χ1v) is 7.35. The summed E-state index contributed by atoms with van der Waals surface area (Å²) in [5.41, 5.74) is 1.50. The Morgan fingerprint density at radius 3 is 2.85 bits per heavy atom. The third kappa shape index (κ3) is 3.30. The van der Waals surface area contributed by atoms with E-state index in [0.29, 0.717) is 13.2 Å². The van der Waals surface area contributed by atoms with Crippen LogP contribution in [0.5, 0.6) is 0 Å². The number of halogens is 1. The second kappa shape index (κ2) is 6.10. The molecule has 1 fully saturated rings. The van der Waals surface area contributed by atoms with E-state index in [-0.39, 0.29) is 17.5 Å². The van der Waals surface area contributed by atoms with Crippen LogP contribution in [0.3, 0.4) is 0 Å². The van der Waals surface area contributed by atoms with Crippen LogP contribution in [-0.2, 0) is 4.74 Å². The number of nitrogens with one attached hydrogen (secondary N) is 1. The van der Waals surface area contributed by atoms with Crippen LogP contribution in [0.25, 0.3) is 0 Å². The highest BCUT2D eigenvalue weighted by Crippen LogP contribution is 2.32. The fraction of sp³-hybridized carbons (Fsp3) is 0.625. The van der Waals surface area contributed by atoms with Crippen LogP contribution >= 0.6 is 0 Å². The zero-order valence-electron chi connectivity index (χ0n) is 12.9. The Labute approximate surface area is 121 Å². The predicted molar refractivity (Wildman–Crippen MR) is 80.7 cm³/mol. The topological polar surface area (TPSA) is 24.5 Å². The molecular weight excluding hydrogens is 255 g/mol. The molecule has 1 aliphatic rings. The number of benzene rings is 1. The molecular formula is C16H25FN2O. The minimum atomic E-state index is -0.237. The summed E-state index contributed by atoms with van der Waals surface area (Å²) >= 11 is 0. The van der Waals surface area contributed by atoms with Gasteiger partial charge in [-0.3, -0.25) is 0 Å². The van der Waals surface area contributed by atoms with Gasteiger partial charge in [-0.2, -0.15) is 0 Å². The molecule has 3 nitrogen and oxygen atoms in total. The van der Waals surface area contributed by atoms with Crippen molar-refractivity contribution < 1.29 is 9.13 Å². The lowest BCUT2D eigenvalue weighted by atomic mass is 10.0. The molecule has 1 heterocycles. The summed E-state index contributed by atoms with van der Waals surface area (Å²) in [7, 11) is 0. The molecule has 2 rings (SSSR count). The highest BCUT2D eigenvalue weighted by molar-refractivity contribution is 5.56. The summed E-state index contributed by atoms with van der Waals surface area (Å²) in [6, 6.07) is 5.47. The fourth-order valence-corrected chi connectivity index (χ4v) is 2.84. The molecule has 1 saturated heterocycles. The Balaban J connectivity index is 2.34. The number of rotatable bonds is 4. The summed E-state index contributed by atoms with van der Waals surface area (Å²) in [4.78, 5) is 2.11. The van der Waals surface area contributed by atoms with E-state index in [1.165, 1.54) is 0 Å². The maximum absolute atomic E-state index is 14.4. The molecule has 1 atom stereocenters. The molecule has 0 bridgehead atoms. The zero-order chi connectivity index (χ0) is 14.8. The third-order valence-electron chi connectivity index (χ3n) is 3.74. The SMILES string of the molecule is CCNC(C)c1cccc(F)c1N1CCOC(C)(C)C1. The first-order valence-electron chi connectivity index (χ1n) is 7.35. The number of nitrogens with zero attached hydrogens (tertiary/aromatic N) is 1. The molecule has 0 amide bonds. The van der Waals surface area contributed by atoms with E-state index < -0.39 is 0 Å². The molecule has 0 radical (unpaired) electrons. The lowest BCUT2D eigenvalue weighted by Gasteiger charge is -2.40. The average Bonchev–Trinajstić information content (AvgIpc) is 2.37. The Hall–Kier alpha value is -1.13. The first-order chi connectivity index (χ1) is 9.44. The largest absolute Gasteiger partial charge is 0.372 e. The summed E-state index contributed by atoms with van der Waals surface area (Å²) < 4.78 is 20.1. The van der Waals surface area contributed by atoms with E-state index in [0.717, 1.165) is 24.3 Å². The Kier molecular flexibility index (Phi) is 4.66. The molecule has 1 N–H and O–H groups in total. The van der Waals surface area contributed by atoms with Crippen LogP contribution in [-0.4, -0.2) is 31.8 Å². The highest BCUT2D eigenvalue weighted by atomic mass is 19.1. The highest BCUT2D eigenvalue weighted by Gasteiger charge is 2.30. The van der Waals surface area contributed by atoms with Crippen LogP contribution in [0.1, 0.15) is 39.3 Å². The smallest absolute Gasteiger partial charge is 0.146 e. The van der Waals surface area contributed by atoms with Crippen LogP contribution in [0.2, 0.25) is 0 Å². The number of hydrogen-bond acceptors (Lipinski definition) is 3. The lowest BCUT2D eigenvalue weighted by Crippen LogP contribution is -2.49. The van der Waals surface area contributed by atoms with E-state index in [9.17, 15) is 4.39 Å². The maximum Gasteiger partial charge on any atom is 0.146 e. The number of anilines is 1. The normalized spacial score (nSPS) is 19.9. The minimum Gasteiger partial charge on any atom is -0.372 e. The van der Waals surface area contributed by atoms with Gasteiger partial charge < -0.3 is 15.0 Å². The van der Waals surface area contributed by atoms with E-state index >= 15 is 0 Å². The summed E-state index contributed by atoms with van der Waals surface area (Å²) in [5.74, 6) is -0.148. The quantitative estimate of drug-likeness (QED) is 0.917. The molecule has 112 valence electrons. The minimum absolute atomic E-state index is 0.136. The summed E-state index contributed by atoms with van der Waals surface area (Å²) in [5, 5.41) is 3.36. The molecule has 1 aromatic rings. The monoisotopic (exact) mass is 280 g/mol. The van der Waals surface area contributed by atoms with Crippen molar-refractivity contribution in [3.8, 4) is 0 Å². The zero-order valence-corrected chi connectivity index (χ0v) is 12.9. The maximum atomic E-state index is 14.4. The Bertz CT molecular complexity index is 462. The molecule has 1 unspecified atom stereocenters. The second-order valence-electron chi connectivity index (χ2n) is 5.99. The van der Waals surface area contributed by atoms with Crippen LogP contribution in [0.4, 0.5) is 10.1 Å². The summed E-state index contributed by atoms with van der Waals surface area (Å²) in [6.45, 7) is 11.2. The van der Waals surface area contributed by atoms with Crippen molar-refractivity contribution in [3.05, 3.63) is 29.6 Å². The van der Waals surface area contributed by atoms with Gasteiger partial charge in [0.2, 0.25) is 0 Å². The van der Waals surface area contributed by atoms with E-state index in [2.05, 4.69) is 24.1 Å². The molecule has 20 heavy (non-hydrogen) atoms. The Morgan fingerprint density at radius 1 is 1.45 bits per heavy atom. The van der Waals surface area contributed by atoms with Crippen molar-refractivity contribution in [2.24, 2.45) is 0 Å². The van der Waals surface area contributed by atoms with Gasteiger partial charge in [0.05, 0.1) is 17.9 Å². The number of para-hydroxylation sites is 1. The van der Waals surface area contributed by atoms with Crippen molar-refractivity contribution in [1.29, 1.82) is 0 Å². The van der Waals surface area contributed by atoms with Crippen molar-refractivity contribution in [1.82, 2.24) is 5.32 Å². The van der Waals surface area contributed by atoms with Gasteiger partial charge in [0.1, 0.15) is 5.82 Å². The van der Waals surface area contributed by atoms with Gasteiger partial charge in [0.15, 0.2) is 0 Å². The second-order valence-corrected chi connectivity index (χ2v) is 5.99. The van der Waals surface area contributed by atoms with Crippen LogP contribution in [0.15, 0.2) is 18.2 Å². The molecule has 0 aliphatic carbocycles. The Morgan fingerprint density at radius 2 is 2.20 bits per heavy atom. The lowest BCUT2D eigenvalue weighted by molar-refractivity contribution is -0.0279. The van der Waals surface area contributed by atoms with Crippen molar-refractivity contribution in [2.45, 2.75) is 39.3 Å². The van der Waals surface area contributed by atoms with Gasteiger partial charge in [0, 0.05) is 19.1 Å². The third-order valence-corrected chi connectivity index (χ3v) is 3.74. The van der Waals surface area contributed by atoms with E-state index in [4.69, 9.17) is 4.74 Å². The molecule has 0 saturated carbocycles. The van der Waals surface area contributed by atoms with Crippen LogP contribution in [0, 0.1) is 5.82 Å². The number of morpholine rings is 1. The van der Waals surface area contributed by atoms with Crippen molar-refractivity contribution in [3.63, 3.8) is 0 Å². The van der Waals surface area contributed by atoms with Gasteiger partial charge in [-0.15, -0.1) is 0 Å². The van der Waals surface area contributed by atoms with Gasteiger partial charge in [-0.1, -0.05) is 19.1 Å². The van der Waals surface area contributed by atoms with Crippen molar-refractivity contribution in [2.75, 3.05) is 31.1 Å². The molecule has 4 heteroatoms.